The summed E-state index contributed by atoms with van der Waals surface area (Å²) in [5.41, 5.74) is 2.55. The van der Waals surface area contributed by atoms with Gasteiger partial charge >= 0.3 is 0 Å². The Morgan fingerprint density at radius 3 is 2.38 bits per heavy atom. The Hall–Kier alpha value is -2.33. The van der Waals surface area contributed by atoms with Crippen LogP contribution < -0.4 is 10.6 Å². The zero-order valence-corrected chi connectivity index (χ0v) is 14.6. The van der Waals surface area contributed by atoms with E-state index < -0.39 is 0 Å². The molecule has 2 rings (SSSR count). The summed E-state index contributed by atoms with van der Waals surface area (Å²) < 4.78 is 0. The van der Waals surface area contributed by atoms with E-state index >= 15 is 0 Å². The minimum absolute atomic E-state index is 0.0421. The molecule has 0 saturated heterocycles. The monoisotopic (exact) mass is 344 g/mol. The molecule has 0 fully saturated rings. The first-order valence-corrected chi connectivity index (χ1v) is 8.24. The predicted molar refractivity (Wildman–Crippen MR) is 96.2 cm³/mol. The van der Waals surface area contributed by atoms with E-state index in [1.54, 1.807) is 12.1 Å². The molecular weight excluding hydrogens is 324 g/mol. The van der Waals surface area contributed by atoms with Crippen LogP contribution in [0.25, 0.3) is 0 Å². The first-order valence-electron chi connectivity index (χ1n) is 7.86. The van der Waals surface area contributed by atoms with Gasteiger partial charge in [-0.1, -0.05) is 41.9 Å². The molecule has 5 heteroatoms. The van der Waals surface area contributed by atoms with Crippen LogP contribution in [0.3, 0.4) is 0 Å². The Bertz CT molecular complexity index is 714. The largest absolute Gasteiger partial charge is 0.356 e. The van der Waals surface area contributed by atoms with E-state index in [-0.39, 0.29) is 17.9 Å². The second-order valence-corrected chi connectivity index (χ2v) is 6.05. The fourth-order valence-electron chi connectivity index (χ4n) is 2.39. The molecule has 126 valence electrons. The van der Waals surface area contributed by atoms with Gasteiger partial charge < -0.3 is 10.6 Å². The molecule has 2 aromatic carbocycles. The fourth-order valence-corrected chi connectivity index (χ4v) is 2.69. The van der Waals surface area contributed by atoms with Gasteiger partial charge in [-0.2, -0.15) is 0 Å². The maximum atomic E-state index is 12.3. The second-order valence-electron chi connectivity index (χ2n) is 5.65. The molecule has 0 aromatic heterocycles. The van der Waals surface area contributed by atoms with Crippen molar-refractivity contribution in [2.24, 2.45) is 0 Å². The number of rotatable bonds is 6. The molecule has 1 atom stereocenters. The highest BCUT2D eigenvalue weighted by Gasteiger charge is 2.13. The highest BCUT2D eigenvalue weighted by atomic mass is 35.5. The lowest BCUT2D eigenvalue weighted by atomic mass is 10.1. The topological polar surface area (TPSA) is 58.2 Å². The molecule has 1 unspecified atom stereocenters. The van der Waals surface area contributed by atoms with Gasteiger partial charge in [0.25, 0.3) is 5.91 Å². The van der Waals surface area contributed by atoms with Gasteiger partial charge in [0, 0.05) is 24.1 Å². The van der Waals surface area contributed by atoms with E-state index in [0.29, 0.717) is 17.1 Å². The summed E-state index contributed by atoms with van der Waals surface area (Å²) in [5.74, 6) is -0.185. The normalized spacial score (nSPS) is 11.6. The Labute approximate surface area is 147 Å². The van der Waals surface area contributed by atoms with Crippen molar-refractivity contribution in [3.63, 3.8) is 0 Å². The average molecular weight is 345 g/mol. The van der Waals surface area contributed by atoms with E-state index in [4.69, 9.17) is 11.6 Å². The van der Waals surface area contributed by atoms with Crippen LogP contribution in [0.2, 0.25) is 5.02 Å². The molecule has 2 aromatic rings. The third kappa shape index (κ3) is 5.10. The smallest absolute Gasteiger partial charge is 0.251 e. The highest BCUT2D eigenvalue weighted by molar-refractivity contribution is 6.31. The van der Waals surface area contributed by atoms with E-state index in [1.165, 1.54) is 6.92 Å². The Morgan fingerprint density at radius 1 is 1.08 bits per heavy atom. The Balaban J connectivity index is 1.95. The van der Waals surface area contributed by atoms with Crippen molar-refractivity contribution in [1.29, 1.82) is 0 Å². The summed E-state index contributed by atoms with van der Waals surface area (Å²) in [7, 11) is 0. The van der Waals surface area contributed by atoms with Gasteiger partial charge in [0.05, 0.1) is 6.04 Å². The zero-order valence-electron chi connectivity index (χ0n) is 13.8. The lowest BCUT2D eigenvalue weighted by Crippen LogP contribution is -2.26. The quantitative estimate of drug-likeness (QED) is 0.842. The van der Waals surface area contributed by atoms with E-state index in [0.717, 1.165) is 17.5 Å². The SMILES string of the molecule is CC(=O)NCCc1ccc(C(=O)NC(C)c2ccccc2Cl)cc1. The highest BCUT2D eigenvalue weighted by Crippen LogP contribution is 2.22. The number of hydrogen-bond donors (Lipinski definition) is 2. The fraction of sp³-hybridized carbons (Fsp3) is 0.263. The van der Waals surface area contributed by atoms with Crippen molar-refractivity contribution in [1.82, 2.24) is 10.6 Å². The summed E-state index contributed by atoms with van der Waals surface area (Å²) in [6.45, 7) is 3.99. The summed E-state index contributed by atoms with van der Waals surface area (Å²) in [6, 6.07) is 14.7. The second kappa shape index (κ2) is 8.50. The van der Waals surface area contributed by atoms with E-state index in [9.17, 15) is 9.59 Å². The maximum absolute atomic E-state index is 12.3. The first kappa shape index (κ1) is 18.0. The molecule has 0 spiro atoms. The van der Waals surface area contributed by atoms with Crippen LogP contribution in [0.5, 0.6) is 0 Å². The molecule has 0 saturated carbocycles. The third-order valence-electron chi connectivity index (χ3n) is 3.72. The molecule has 0 aliphatic heterocycles. The molecule has 2 N–H and O–H groups in total. The van der Waals surface area contributed by atoms with Gasteiger partial charge in [-0.25, -0.2) is 0 Å². The molecule has 2 amide bonds. The Kier molecular flexibility index (Phi) is 6.38. The summed E-state index contributed by atoms with van der Waals surface area (Å²) in [6.07, 6.45) is 0.734. The lowest BCUT2D eigenvalue weighted by molar-refractivity contribution is -0.118. The molecule has 4 nitrogen and oxygen atoms in total. The van der Waals surface area contributed by atoms with Gasteiger partial charge in [-0.05, 0) is 42.7 Å². The molecule has 0 heterocycles. The molecular formula is C19H21ClN2O2. The van der Waals surface area contributed by atoms with Crippen molar-refractivity contribution < 1.29 is 9.59 Å². The van der Waals surface area contributed by atoms with Gasteiger partial charge in [-0.3, -0.25) is 9.59 Å². The van der Waals surface area contributed by atoms with Crippen LogP contribution in [0.4, 0.5) is 0 Å². The number of halogens is 1. The first-order chi connectivity index (χ1) is 11.5. The van der Waals surface area contributed by atoms with Gasteiger partial charge in [0.1, 0.15) is 0 Å². The van der Waals surface area contributed by atoms with Crippen molar-refractivity contribution >= 4 is 23.4 Å². The third-order valence-corrected chi connectivity index (χ3v) is 4.07. The van der Waals surface area contributed by atoms with Crippen LogP contribution >= 0.6 is 11.6 Å². The molecule has 0 bridgehead atoms. The van der Waals surface area contributed by atoms with Crippen LogP contribution in [-0.4, -0.2) is 18.4 Å². The van der Waals surface area contributed by atoms with Crippen molar-refractivity contribution in [3.05, 3.63) is 70.2 Å². The molecule has 24 heavy (non-hydrogen) atoms. The van der Waals surface area contributed by atoms with Crippen LogP contribution in [0.1, 0.15) is 41.4 Å². The maximum Gasteiger partial charge on any atom is 0.251 e. The predicted octanol–water partition coefficient (Wildman–Crippen LogP) is 3.51. The number of carbonyl (C=O) groups is 2. The number of carbonyl (C=O) groups excluding carboxylic acids is 2. The summed E-state index contributed by atoms with van der Waals surface area (Å²) >= 11 is 6.16. The van der Waals surface area contributed by atoms with Gasteiger partial charge in [-0.15, -0.1) is 0 Å². The molecule has 0 aliphatic carbocycles. The summed E-state index contributed by atoms with van der Waals surface area (Å²) in [4.78, 5) is 23.2. The van der Waals surface area contributed by atoms with E-state index in [1.807, 2.05) is 43.3 Å². The number of benzene rings is 2. The minimum atomic E-state index is -0.175. The molecule has 0 radical (unpaired) electrons. The lowest BCUT2D eigenvalue weighted by Gasteiger charge is -2.16. The van der Waals surface area contributed by atoms with Gasteiger partial charge in [0.2, 0.25) is 5.91 Å². The van der Waals surface area contributed by atoms with Crippen LogP contribution in [0, 0.1) is 0 Å². The van der Waals surface area contributed by atoms with Gasteiger partial charge in [0.15, 0.2) is 0 Å². The summed E-state index contributed by atoms with van der Waals surface area (Å²) in [5, 5.41) is 6.34. The van der Waals surface area contributed by atoms with Crippen molar-refractivity contribution in [3.8, 4) is 0 Å². The van der Waals surface area contributed by atoms with Crippen LogP contribution in [-0.2, 0) is 11.2 Å². The van der Waals surface area contributed by atoms with E-state index in [2.05, 4.69) is 10.6 Å². The average Bonchev–Trinajstić information content (AvgIpc) is 2.55. The van der Waals surface area contributed by atoms with Crippen molar-refractivity contribution in [2.45, 2.75) is 26.3 Å². The zero-order chi connectivity index (χ0) is 17.5. The minimum Gasteiger partial charge on any atom is -0.356 e. The number of nitrogens with one attached hydrogen (secondary N) is 2. The molecule has 0 aliphatic rings. The van der Waals surface area contributed by atoms with Crippen LogP contribution in [0.15, 0.2) is 48.5 Å². The standard InChI is InChI=1S/C19H21ClN2O2/c1-13(17-5-3-4-6-18(17)20)22-19(24)16-9-7-15(8-10-16)11-12-21-14(2)23/h3-10,13H,11-12H2,1-2H3,(H,21,23)(H,22,24). The Morgan fingerprint density at radius 2 is 1.75 bits per heavy atom. The number of hydrogen-bond acceptors (Lipinski definition) is 2. The number of amides is 2. The van der Waals surface area contributed by atoms with Crippen molar-refractivity contribution in [2.75, 3.05) is 6.54 Å².